The third-order valence-electron chi connectivity index (χ3n) is 4.33. The first-order chi connectivity index (χ1) is 13.5. The van der Waals surface area contributed by atoms with Crippen LogP contribution in [0.2, 0.25) is 0 Å². The minimum atomic E-state index is -0.798. The molecule has 2 heterocycles. The van der Waals surface area contributed by atoms with Crippen molar-refractivity contribution in [2.45, 2.75) is 19.0 Å². The molecule has 9 heteroatoms. The topological polar surface area (TPSA) is 101 Å². The minimum absolute atomic E-state index is 0.0817. The molecule has 3 N–H and O–H groups in total. The number of benzene rings is 2. The number of thiazole rings is 1. The molecule has 2 amide bonds. The fourth-order valence-corrected chi connectivity index (χ4v) is 3.86. The lowest BCUT2D eigenvalue weighted by Gasteiger charge is -2.20. The van der Waals surface area contributed by atoms with Gasteiger partial charge >= 0.3 is 0 Å². The van der Waals surface area contributed by atoms with Crippen molar-refractivity contribution in [2.24, 2.45) is 10.8 Å². The number of nitrogens with one attached hydrogen (secondary N) is 1. The molecule has 0 bridgehead atoms. The lowest BCUT2D eigenvalue weighted by molar-refractivity contribution is -0.119. The van der Waals surface area contributed by atoms with Crippen molar-refractivity contribution in [1.29, 1.82) is 0 Å². The van der Waals surface area contributed by atoms with Crippen LogP contribution in [0.5, 0.6) is 0 Å². The maximum atomic E-state index is 13.2. The molecule has 1 unspecified atom stereocenters. The van der Waals surface area contributed by atoms with Crippen molar-refractivity contribution in [2.75, 3.05) is 5.01 Å². The Bertz CT molecular complexity index is 1050. The molecule has 3 aromatic rings. The first-order valence-electron chi connectivity index (χ1n) is 8.55. The summed E-state index contributed by atoms with van der Waals surface area (Å²) < 4.78 is 14.2. The van der Waals surface area contributed by atoms with Crippen LogP contribution in [-0.4, -0.2) is 28.6 Å². The predicted octanol–water partition coefficient (Wildman–Crippen LogP) is 2.17. The number of hydrogen-bond acceptors (Lipinski definition) is 6. The number of rotatable bonds is 5. The molecular weight excluding hydrogens is 381 g/mol. The molecule has 1 aliphatic rings. The monoisotopic (exact) mass is 397 g/mol. The van der Waals surface area contributed by atoms with Crippen LogP contribution in [0, 0.1) is 5.82 Å². The van der Waals surface area contributed by atoms with Gasteiger partial charge in [-0.25, -0.2) is 9.37 Å². The van der Waals surface area contributed by atoms with E-state index in [1.807, 2.05) is 24.3 Å². The molecule has 7 nitrogen and oxygen atoms in total. The summed E-state index contributed by atoms with van der Waals surface area (Å²) in [5.74, 6) is -1.41. The van der Waals surface area contributed by atoms with E-state index in [9.17, 15) is 14.0 Å². The first kappa shape index (κ1) is 18.1. The fraction of sp³-hybridized carbons (Fsp3) is 0.158. The highest BCUT2D eigenvalue weighted by Gasteiger charge is 2.34. The van der Waals surface area contributed by atoms with E-state index >= 15 is 0 Å². The fourth-order valence-electron chi connectivity index (χ4n) is 2.95. The van der Waals surface area contributed by atoms with E-state index in [2.05, 4.69) is 15.4 Å². The zero-order valence-electron chi connectivity index (χ0n) is 14.6. The summed E-state index contributed by atoms with van der Waals surface area (Å²) in [7, 11) is 0. The van der Waals surface area contributed by atoms with Crippen molar-refractivity contribution in [3.8, 4) is 0 Å². The average molecular weight is 397 g/mol. The molecule has 0 aliphatic carbocycles. The van der Waals surface area contributed by atoms with Crippen LogP contribution in [-0.2, 0) is 16.1 Å². The van der Waals surface area contributed by atoms with Crippen molar-refractivity contribution in [1.82, 2.24) is 10.3 Å². The summed E-state index contributed by atoms with van der Waals surface area (Å²) >= 11 is 1.50. The van der Waals surface area contributed by atoms with Crippen LogP contribution < -0.4 is 16.1 Å². The number of carbonyl (C=O) groups excluding carboxylic acids is 2. The van der Waals surface area contributed by atoms with Gasteiger partial charge in [-0.3, -0.25) is 14.6 Å². The number of para-hydroxylation sites is 1. The van der Waals surface area contributed by atoms with Crippen molar-refractivity contribution < 1.29 is 14.0 Å². The maximum absolute atomic E-state index is 13.2. The van der Waals surface area contributed by atoms with E-state index in [0.717, 1.165) is 15.2 Å². The van der Waals surface area contributed by atoms with Crippen molar-refractivity contribution >= 4 is 44.8 Å². The van der Waals surface area contributed by atoms with E-state index in [-0.39, 0.29) is 18.7 Å². The molecule has 0 saturated heterocycles. The second-order valence-electron chi connectivity index (χ2n) is 6.25. The van der Waals surface area contributed by atoms with Gasteiger partial charge in [-0.1, -0.05) is 12.1 Å². The first-order valence-corrected chi connectivity index (χ1v) is 9.37. The highest BCUT2D eigenvalue weighted by Crippen LogP contribution is 2.25. The van der Waals surface area contributed by atoms with E-state index in [0.29, 0.717) is 5.69 Å². The quantitative estimate of drug-likeness (QED) is 0.689. The number of nitrogens with two attached hydrogens (primary N) is 1. The van der Waals surface area contributed by atoms with Gasteiger partial charge in [0.2, 0.25) is 5.91 Å². The second-order valence-corrected chi connectivity index (χ2v) is 7.36. The molecular formula is C19H16FN5O2S. The summed E-state index contributed by atoms with van der Waals surface area (Å²) in [6.45, 7) is 0.259. The maximum Gasteiger partial charge on any atom is 0.267 e. The molecule has 0 radical (unpaired) electrons. The molecule has 0 fully saturated rings. The summed E-state index contributed by atoms with van der Waals surface area (Å²) in [4.78, 5) is 28.8. The normalized spacial score (nSPS) is 16.2. The Morgan fingerprint density at radius 3 is 2.68 bits per heavy atom. The van der Waals surface area contributed by atoms with Gasteiger partial charge in [0.15, 0.2) is 0 Å². The number of hydrogen-bond donors (Lipinski definition) is 2. The molecule has 0 saturated carbocycles. The molecule has 0 spiro atoms. The number of anilines is 1. The second kappa shape index (κ2) is 7.35. The average Bonchev–Trinajstić information content (AvgIpc) is 3.31. The van der Waals surface area contributed by atoms with Gasteiger partial charge in [0.05, 0.1) is 22.4 Å². The van der Waals surface area contributed by atoms with Crippen molar-refractivity contribution in [3.63, 3.8) is 0 Å². The number of halogens is 1. The Balaban J connectivity index is 1.49. The van der Waals surface area contributed by atoms with E-state index in [4.69, 9.17) is 5.73 Å². The molecule has 2 aromatic carbocycles. The lowest BCUT2D eigenvalue weighted by Crippen LogP contribution is -2.39. The summed E-state index contributed by atoms with van der Waals surface area (Å²) in [6, 6.07) is 12.4. The molecule has 1 atom stereocenters. The molecule has 4 rings (SSSR count). The smallest absolute Gasteiger partial charge is 0.267 e. The third-order valence-corrected chi connectivity index (χ3v) is 5.37. The van der Waals surface area contributed by atoms with Gasteiger partial charge in [0, 0.05) is 6.42 Å². The minimum Gasteiger partial charge on any atom is -0.368 e. The third kappa shape index (κ3) is 3.56. The molecule has 1 aliphatic heterocycles. The zero-order chi connectivity index (χ0) is 19.7. The largest absolute Gasteiger partial charge is 0.368 e. The van der Waals surface area contributed by atoms with Gasteiger partial charge in [-0.2, -0.15) is 5.10 Å². The Labute approximate surface area is 163 Å². The SMILES string of the molecule is NC(=O)C1CC(C(=O)NCc2nc3ccccc3s2)=NN1c1ccc(F)cc1. The number of primary amides is 1. The van der Waals surface area contributed by atoms with Gasteiger partial charge < -0.3 is 11.1 Å². The summed E-state index contributed by atoms with van der Waals surface area (Å²) in [5, 5.41) is 9.15. The number of hydrazone groups is 1. The lowest BCUT2D eigenvalue weighted by atomic mass is 10.1. The number of aromatic nitrogens is 1. The number of carbonyl (C=O) groups is 2. The summed E-state index contributed by atoms with van der Waals surface area (Å²) in [5.41, 5.74) is 7.01. The van der Waals surface area contributed by atoms with Gasteiger partial charge in [-0.05, 0) is 36.4 Å². The van der Waals surface area contributed by atoms with Crippen LogP contribution in [0.4, 0.5) is 10.1 Å². The van der Waals surface area contributed by atoms with Gasteiger partial charge in [-0.15, -0.1) is 11.3 Å². The van der Waals surface area contributed by atoms with Crippen molar-refractivity contribution in [3.05, 3.63) is 59.4 Å². The number of nitrogens with zero attached hydrogens (tertiary/aromatic N) is 3. The number of fused-ring (bicyclic) bond motifs is 1. The standard InChI is InChI=1S/C19H16FN5O2S/c20-11-5-7-12(8-6-11)25-15(18(21)26)9-14(24-25)19(27)22-10-17-23-13-3-1-2-4-16(13)28-17/h1-8,15H,9-10H2,(H2,21,26)(H,22,27). The van der Waals surface area contributed by atoms with Crippen LogP contribution in [0.15, 0.2) is 53.6 Å². The predicted molar refractivity (Wildman–Crippen MR) is 105 cm³/mol. The van der Waals surface area contributed by atoms with E-state index in [1.165, 1.54) is 40.6 Å². The Morgan fingerprint density at radius 2 is 1.96 bits per heavy atom. The molecule has 28 heavy (non-hydrogen) atoms. The highest BCUT2D eigenvalue weighted by atomic mass is 32.1. The van der Waals surface area contributed by atoms with E-state index < -0.39 is 23.7 Å². The molecule has 1 aromatic heterocycles. The van der Waals surface area contributed by atoms with E-state index in [1.54, 1.807) is 0 Å². The van der Waals surface area contributed by atoms with Crippen LogP contribution in [0.1, 0.15) is 11.4 Å². The van der Waals surface area contributed by atoms with Gasteiger partial charge in [0.25, 0.3) is 5.91 Å². The zero-order valence-corrected chi connectivity index (χ0v) is 15.4. The van der Waals surface area contributed by atoms with Gasteiger partial charge in [0.1, 0.15) is 22.6 Å². The van der Waals surface area contributed by atoms with Crippen LogP contribution in [0.25, 0.3) is 10.2 Å². The van der Waals surface area contributed by atoms with Crippen LogP contribution in [0.3, 0.4) is 0 Å². The Hall–Kier alpha value is -3.33. The summed E-state index contributed by atoms with van der Waals surface area (Å²) in [6.07, 6.45) is 0.0817. The highest BCUT2D eigenvalue weighted by molar-refractivity contribution is 7.18. The Kier molecular flexibility index (Phi) is 4.74. The van der Waals surface area contributed by atoms with Crippen LogP contribution >= 0.6 is 11.3 Å². The number of amides is 2. The Morgan fingerprint density at radius 1 is 1.21 bits per heavy atom. The molecule has 142 valence electrons.